The number of aliphatic imine (C=N–C) groups is 1. The fraction of sp³-hybridized carbons (Fsp3) is 0.0217. The number of thiophene rings is 1. The van der Waals surface area contributed by atoms with Crippen LogP contribution in [0.4, 0.5) is 0 Å². The maximum atomic E-state index is 6.34. The Morgan fingerprint density at radius 2 is 1.24 bits per heavy atom. The molecule has 0 saturated carbocycles. The summed E-state index contributed by atoms with van der Waals surface area (Å²) in [6.45, 7) is 6.27. The van der Waals surface area contributed by atoms with Crippen LogP contribution in [0.15, 0.2) is 168 Å². The van der Waals surface area contributed by atoms with Crippen LogP contribution in [0.1, 0.15) is 18.1 Å². The van der Waals surface area contributed by atoms with Gasteiger partial charge < -0.3 is 8.98 Å². The lowest BCUT2D eigenvalue weighted by Gasteiger charge is -2.08. The average molecular weight is 659 g/mol. The predicted octanol–water partition coefficient (Wildman–Crippen LogP) is 13.2. The third kappa shape index (κ3) is 4.53. The van der Waals surface area contributed by atoms with Gasteiger partial charge in [-0.15, -0.1) is 11.3 Å². The van der Waals surface area contributed by atoms with Crippen molar-refractivity contribution >= 4 is 86.7 Å². The van der Waals surface area contributed by atoms with Gasteiger partial charge in [-0.05, 0) is 84.3 Å². The van der Waals surface area contributed by atoms with E-state index < -0.39 is 0 Å². The van der Waals surface area contributed by atoms with Gasteiger partial charge in [0.15, 0.2) is 0 Å². The van der Waals surface area contributed by atoms with Gasteiger partial charge in [-0.25, -0.2) is 0 Å². The first kappa shape index (κ1) is 28.8. The number of aromatic nitrogens is 1. The van der Waals surface area contributed by atoms with Crippen molar-refractivity contribution in [3.05, 3.63) is 169 Å². The maximum Gasteiger partial charge on any atom is 0.136 e. The molecule has 50 heavy (non-hydrogen) atoms. The fourth-order valence-corrected chi connectivity index (χ4v) is 8.56. The van der Waals surface area contributed by atoms with Crippen LogP contribution in [0.25, 0.3) is 86.4 Å². The third-order valence-corrected chi connectivity index (χ3v) is 11.1. The van der Waals surface area contributed by atoms with Crippen LogP contribution in [0.5, 0.6) is 0 Å². The van der Waals surface area contributed by atoms with Crippen LogP contribution >= 0.6 is 11.3 Å². The molecule has 0 spiro atoms. The molecule has 3 aromatic heterocycles. The molecule has 0 fully saturated rings. The van der Waals surface area contributed by atoms with Gasteiger partial charge in [0.05, 0.1) is 16.7 Å². The Labute approximate surface area is 292 Å². The molecule has 3 nitrogen and oxygen atoms in total. The first-order valence-corrected chi connectivity index (χ1v) is 17.6. The largest absolute Gasteiger partial charge is 0.456 e. The smallest absolute Gasteiger partial charge is 0.136 e. The summed E-state index contributed by atoms with van der Waals surface area (Å²) < 4.78 is 11.3. The molecule has 3 heterocycles. The zero-order valence-electron chi connectivity index (χ0n) is 27.4. The summed E-state index contributed by atoms with van der Waals surface area (Å²) in [5, 5.41) is 7.31. The summed E-state index contributed by atoms with van der Waals surface area (Å²) in [5.41, 5.74) is 11.4. The molecule has 0 N–H and O–H groups in total. The number of rotatable bonds is 5. The van der Waals surface area contributed by atoms with Crippen molar-refractivity contribution < 1.29 is 4.42 Å². The van der Waals surface area contributed by atoms with Gasteiger partial charge in [-0.1, -0.05) is 97.6 Å². The van der Waals surface area contributed by atoms with E-state index in [-0.39, 0.29) is 0 Å². The van der Waals surface area contributed by atoms with Gasteiger partial charge in [0, 0.05) is 58.7 Å². The first-order chi connectivity index (χ1) is 24.6. The molecule has 236 valence electrons. The van der Waals surface area contributed by atoms with Crippen molar-refractivity contribution in [2.75, 3.05) is 0 Å². The van der Waals surface area contributed by atoms with Gasteiger partial charge in [0.2, 0.25) is 0 Å². The Hall–Kier alpha value is -6.23. The monoisotopic (exact) mass is 658 g/mol. The number of benzene rings is 7. The van der Waals surface area contributed by atoms with E-state index in [0.717, 1.165) is 38.8 Å². The van der Waals surface area contributed by atoms with Crippen molar-refractivity contribution in [2.45, 2.75) is 6.92 Å². The SMILES string of the molecule is C=C(/N=C(\C)c1ccccc1)c1ccc2c(c1)oc1ccc(-c3ccc4c(c3)sc3ccc(-n5c6ccccc6c6ccccc65)cc34)cc12. The van der Waals surface area contributed by atoms with Crippen molar-refractivity contribution in [3.63, 3.8) is 0 Å². The predicted molar refractivity (Wildman–Crippen MR) is 214 cm³/mol. The topological polar surface area (TPSA) is 30.4 Å². The zero-order chi connectivity index (χ0) is 33.3. The van der Waals surface area contributed by atoms with Crippen molar-refractivity contribution in [1.29, 1.82) is 0 Å². The summed E-state index contributed by atoms with van der Waals surface area (Å²) in [7, 11) is 0. The van der Waals surface area contributed by atoms with Crippen LogP contribution in [0, 0.1) is 0 Å². The van der Waals surface area contributed by atoms with E-state index in [9.17, 15) is 0 Å². The van der Waals surface area contributed by atoms with Gasteiger partial charge in [-0.3, -0.25) is 4.99 Å². The molecule has 0 atom stereocenters. The number of para-hydroxylation sites is 2. The highest BCUT2D eigenvalue weighted by Gasteiger charge is 2.15. The molecule has 0 saturated heterocycles. The number of furan rings is 1. The van der Waals surface area contributed by atoms with E-state index in [1.54, 1.807) is 0 Å². The second-order valence-corrected chi connectivity index (χ2v) is 14.0. The lowest BCUT2D eigenvalue weighted by Crippen LogP contribution is -1.94. The molecule has 0 aliphatic carbocycles. The highest BCUT2D eigenvalue weighted by molar-refractivity contribution is 7.25. The van der Waals surface area contributed by atoms with Crippen molar-refractivity contribution in [1.82, 2.24) is 4.57 Å². The Balaban J connectivity index is 1.01. The van der Waals surface area contributed by atoms with E-state index in [1.807, 2.05) is 36.5 Å². The number of fused-ring (bicyclic) bond motifs is 9. The first-order valence-electron chi connectivity index (χ1n) is 16.8. The number of hydrogen-bond acceptors (Lipinski definition) is 3. The minimum absolute atomic E-state index is 0.716. The van der Waals surface area contributed by atoms with Crippen molar-refractivity contribution in [2.24, 2.45) is 4.99 Å². The summed E-state index contributed by atoms with van der Waals surface area (Å²) in [4.78, 5) is 4.79. The molecule has 7 aromatic carbocycles. The van der Waals surface area contributed by atoms with Crippen LogP contribution in [0.3, 0.4) is 0 Å². The minimum Gasteiger partial charge on any atom is -0.456 e. The van der Waals surface area contributed by atoms with Gasteiger partial charge in [-0.2, -0.15) is 0 Å². The van der Waals surface area contributed by atoms with E-state index in [2.05, 4.69) is 145 Å². The highest BCUT2D eigenvalue weighted by atomic mass is 32.1. The minimum atomic E-state index is 0.716. The second kappa shape index (κ2) is 11.2. The van der Waals surface area contributed by atoms with Gasteiger partial charge in [0.1, 0.15) is 11.2 Å². The van der Waals surface area contributed by atoms with E-state index in [0.29, 0.717) is 5.70 Å². The van der Waals surface area contributed by atoms with Gasteiger partial charge >= 0.3 is 0 Å². The quantitative estimate of drug-likeness (QED) is 0.169. The third-order valence-electron chi connectivity index (χ3n) is 9.93. The lowest BCUT2D eigenvalue weighted by atomic mass is 10.0. The highest BCUT2D eigenvalue weighted by Crippen LogP contribution is 2.40. The average Bonchev–Trinajstić information content (AvgIpc) is 3.83. The summed E-state index contributed by atoms with van der Waals surface area (Å²) in [6, 6.07) is 54.1. The van der Waals surface area contributed by atoms with E-state index in [4.69, 9.17) is 9.41 Å². The summed E-state index contributed by atoms with van der Waals surface area (Å²) >= 11 is 1.85. The van der Waals surface area contributed by atoms with Crippen LogP contribution < -0.4 is 0 Å². The Morgan fingerprint density at radius 3 is 2.04 bits per heavy atom. The molecular formula is C46H30N2OS. The molecule has 4 heteroatoms. The molecule has 0 bridgehead atoms. The molecule has 0 radical (unpaired) electrons. The normalized spacial score (nSPS) is 12.3. The second-order valence-electron chi connectivity index (χ2n) is 12.9. The zero-order valence-corrected chi connectivity index (χ0v) is 28.2. The molecule has 0 amide bonds. The standard InChI is InChI=1S/C46H30N2OS/c1-28(30-10-4-3-5-11-30)47-29(2)31-16-20-37-39-24-32(18-22-43(39)49-44(37)25-31)33-17-21-38-40-27-34(19-23-45(40)50-46(38)26-33)48-41-14-8-6-12-35(41)36-13-7-9-15-42(36)48/h3-27H,2H2,1H3/b47-28+. The van der Waals surface area contributed by atoms with E-state index >= 15 is 0 Å². The van der Waals surface area contributed by atoms with Crippen LogP contribution in [0.2, 0.25) is 0 Å². The molecule has 0 unspecified atom stereocenters. The molecular weight excluding hydrogens is 629 g/mol. The molecule has 10 aromatic rings. The van der Waals surface area contributed by atoms with Crippen LogP contribution in [-0.4, -0.2) is 10.3 Å². The Morgan fingerprint density at radius 1 is 0.540 bits per heavy atom. The number of nitrogens with zero attached hydrogens (tertiary/aromatic N) is 2. The number of hydrogen-bond donors (Lipinski definition) is 0. The fourth-order valence-electron chi connectivity index (χ4n) is 7.43. The lowest BCUT2D eigenvalue weighted by molar-refractivity contribution is 0.669. The molecule has 0 aliphatic rings. The van der Waals surface area contributed by atoms with Crippen molar-refractivity contribution in [3.8, 4) is 16.8 Å². The summed E-state index contributed by atoms with van der Waals surface area (Å²) in [5.74, 6) is 0. The molecule has 10 rings (SSSR count). The van der Waals surface area contributed by atoms with E-state index in [1.165, 1.54) is 58.8 Å². The molecule has 0 aliphatic heterocycles. The Bertz CT molecular complexity index is 2960. The Kier molecular flexibility index (Phi) is 6.42. The van der Waals surface area contributed by atoms with Gasteiger partial charge in [0.25, 0.3) is 0 Å². The summed E-state index contributed by atoms with van der Waals surface area (Å²) in [6.07, 6.45) is 0. The maximum absolute atomic E-state index is 6.34. The van der Waals surface area contributed by atoms with Crippen LogP contribution in [-0.2, 0) is 0 Å².